The smallest absolute Gasteiger partial charge is 0.118 e. The number of rotatable bonds is 3. The van der Waals surface area contributed by atoms with Gasteiger partial charge in [0.1, 0.15) is 5.75 Å². The number of hydrogen-bond donors (Lipinski definition) is 0. The molecule has 0 aliphatic carbocycles. The lowest BCUT2D eigenvalue weighted by Gasteiger charge is -2.04. The maximum Gasteiger partial charge on any atom is 0.118 e. The van der Waals surface area contributed by atoms with Crippen LogP contribution in [0.25, 0.3) is 10.1 Å². The molecular formula is C15H13NOS. The van der Waals surface area contributed by atoms with E-state index < -0.39 is 0 Å². The van der Waals surface area contributed by atoms with Gasteiger partial charge in [-0.05, 0) is 40.6 Å². The number of pyridine rings is 1. The zero-order valence-corrected chi connectivity index (χ0v) is 10.9. The Balaban J connectivity index is 1.93. The molecule has 0 amide bonds. The molecule has 0 bridgehead atoms. The Labute approximate surface area is 110 Å². The van der Waals surface area contributed by atoms with Crippen molar-refractivity contribution in [2.75, 3.05) is 7.11 Å². The monoisotopic (exact) mass is 255 g/mol. The largest absolute Gasteiger partial charge is 0.497 e. The van der Waals surface area contributed by atoms with Crippen LogP contribution in [0.2, 0.25) is 0 Å². The first kappa shape index (κ1) is 11.2. The van der Waals surface area contributed by atoms with Crippen molar-refractivity contribution in [3.8, 4) is 5.75 Å². The van der Waals surface area contributed by atoms with E-state index >= 15 is 0 Å². The predicted molar refractivity (Wildman–Crippen MR) is 75.4 cm³/mol. The molecule has 3 aromatic rings. The number of aromatic nitrogens is 1. The van der Waals surface area contributed by atoms with E-state index in [1.165, 1.54) is 15.6 Å². The van der Waals surface area contributed by atoms with E-state index in [0.29, 0.717) is 0 Å². The summed E-state index contributed by atoms with van der Waals surface area (Å²) in [6.07, 6.45) is 2.75. The van der Waals surface area contributed by atoms with Crippen LogP contribution in [0.1, 0.15) is 11.3 Å². The Morgan fingerprint density at radius 2 is 1.94 bits per heavy atom. The second kappa shape index (κ2) is 4.78. The average molecular weight is 255 g/mol. The van der Waals surface area contributed by atoms with Gasteiger partial charge in [0.25, 0.3) is 0 Å². The van der Waals surface area contributed by atoms with Gasteiger partial charge in [-0.1, -0.05) is 12.1 Å². The minimum atomic E-state index is 0.863. The average Bonchev–Trinajstić information content (AvgIpc) is 2.89. The summed E-state index contributed by atoms with van der Waals surface area (Å²) in [6.45, 7) is 0. The molecular weight excluding hydrogens is 242 g/mol. The number of hydrogen-bond acceptors (Lipinski definition) is 3. The highest BCUT2D eigenvalue weighted by Gasteiger charge is 2.05. The van der Waals surface area contributed by atoms with Gasteiger partial charge in [-0.2, -0.15) is 0 Å². The Kier molecular flexibility index (Phi) is 2.99. The lowest BCUT2D eigenvalue weighted by Crippen LogP contribution is -1.92. The minimum Gasteiger partial charge on any atom is -0.497 e. The molecule has 3 rings (SSSR count). The highest BCUT2D eigenvalue weighted by atomic mass is 32.1. The van der Waals surface area contributed by atoms with Gasteiger partial charge in [-0.25, -0.2) is 0 Å². The van der Waals surface area contributed by atoms with E-state index in [9.17, 15) is 0 Å². The molecule has 2 heterocycles. The first-order valence-electron chi connectivity index (χ1n) is 5.81. The summed E-state index contributed by atoms with van der Waals surface area (Å²) in [7, 11) is 1.68. The molecule has 0 atom stereocenters. The summed E-state index contributed by atoms with van der Waals surface area (Å²) in [5.74, 6) is 0.890. The molecule has 90 valence electrons. The van der Waals surface area contributed by atoms with Crippen molar-refractivity contribution in [2.45, 2.75) is 6.42 Å². The number of thiophene rings is 1. The fraction of sp³-hybridized carbons (Fsp3) is 0.133. The number of benzene rings is 1. The molecule has 18 heavy (non-hydrogen) atoms. The number of nitrogens with zero attached hydrogens (tertiary/aromatic N) is 1. The molecule has 0 saturated carbocycles. The third kappa shape index (κ3) is 2.09. The van der Waals surface area contributed by atoms with Gasteiger partial charge in [-0.15, -0.1) is 11.3 Å². The molecule has 0 unspecified atom stereocenters. The number of fused-ring (bicyclic) bond motifs is 1. The fourth-order valence-electron chi connectivity index (χ4n) is 2.01. The van der Waals surface area contributed by atoms with E-state index in [4.69, 9.17) is 4.74 Å². The summed E-state index contributed by atoms with van der Waals surface area (Å²) in [5, 5.41) is 3.39. The second-order valence-electron chi connectivity index (χ2n) is 4.12. The maximum absolute atomic E-state index is 5.16. The van der Waals surface area contributed by atoms with Crippen LogP contribution in [0.3, 0.4) is 0 Å². The topological polar surface area (TPSA) is 22.1 Å². The number of ether oxygens (including phenoxy) is 1. The first-order valence-corrected chi connectivity index (χ1v) is 6.69. The third-order valence-corrected chi connectivity index (χ3v) is 3.95. The van der Waals surface area contributed by atoms with Crippen LogP contribution in [0.5, 0.6) is 5.75 Å². The molecule has 2 aromatic heterocycles. The van der Waals surface area contributed by atoms with Crippen molar-refractivity contribution in [3.63, 3.8) is 0 Å². The molecule has 0 saturated heterocycles. The Morgan fingerprint density at radius 3 is 2.72 bits per heavy atom. The SMILES string of the molecule is COc1ccc(Cc2nccc3ccsc23)cc1. The molecule has 0 fully saturated rings. The Hall–Kier alpha value is -1.87. The van der Waals surface area contributed by atoms with Gasteiger partial charge in [0, 0.05) is 12.6 Å². The summed E-state index contributed by atoms with van der Waals surface area (Å²) in [6, 6.07) is 12.4. The second-order valence-corrected chi connectivity index (χ2v) is 5.04. The standard InChI is InChI=1S/C15H13NOS/c1-17-13-4-2-11(3-5-13)10-14-15-12(6-8-16-14)7-9-18-15/h2-9H,10H2,1H3. The molecule has 3 heteroatoms. The summed E-state index contributed by atoms with van der Waals surface area (Å²) < 4.78 is 6.45. The molecule has 1 aromatic carbocycles. The fourth-order valence-corrected chi connectivity index (χ4v) is 2.90. The normalized spacial score (nSPS) is 10.7. The Bertz CT molecular complexity index is 658. The van der Waals surface area contributed by atoms with Gasteiger partial charge in [0.2, 0.25) is 0 Å². The molecule has 0 N–H and O–H groups in total. The van der Waals surface area contributed by atoms with Crippen LogP contribution in [0, 0.1) is 0 Å². The van der Waals surface area contributed by atoms with Crippen molar-refractivity contribution >= 4 is 21.4 Å². The van der Waals surface area contributed by atoms with Gasteiger partial charge >= 0.3 is 0 Å². The van der Waals surface area contributed by atoms with E-state index in [0.717, 1.165) is 17.9 Å². The van der Waals surface area contributed by atoms with Crippen LogP contribution in [-0.4, -0.2) is 12.1 Å². The van der Waals surface area contributed by atoms with Crippen LogP contribution >= 0.6 is 11.3 Å². The van der Waals surface area contributed by atoms with Gasteiger partial charge in [-0.3, -0.25) is 4.98 Å². The summed E-state index contributed by atoms with van der Waals surface area (Å²) >= 11 is 1.75. The van der Waals surface area contributed by atoms with Crippen molar-refractivity contribution in [1.82, 2.24) is 4.98 Å². The highest BCUT2D eigenvalue weighted by Crippen LogP contribution is 2.25. The van der Waals surface area contributed by atoms with Gasteiger partial charge in [0.05, 0.1) is 17.5 Å². The van der Waals surface area contributed by atoms with Crippen LogP contribution < -0.4 is 4.74 Å². The van der Waals surface area contributed by atoms with E-state index in [2.05, 4.69) is 34.6 Å². The molecule has 0 radical (unpaired) electrons. The van der Waals surface area contributed by atoms with Crippen LogP contribution in [0.4, 0.5) is 0 Å². The van der Waals surface area contributed by atoms with E-state index in [1.807, 2.05) is 18.3 Å². The van der Waals surface area contributed by atoms with Crippen molar-refractivity contribution < 1.29 is 4.74 Å². The molecule has 0 aliphatic rings. The van der Waals surface area contributed by atoms with Gasteiger partial charge < -0.3 is 4.74 Å². The maximum atomic E-state index is 5.16. The van der Waals surface area contributed by atoms with Crippen LogP contribution in [-0.2, 0) is 6.42 Å². The van der Waals surface area contributed by atoms with Gasteiger partial charge in [0.15, 0.2) is 0 Å². The highest BCUT2D eigenvalue weighted by molar-refractivity contribution is 7.17. The lowest BCUT2D eigenvalue weighted by molar-refractivity contribution is 0.414. The molecule has 2 nitrogen and oxygen atoms in total. The minimum absolute atomic E-state index is 0.863. The third-order valence-electron chi connectivity index (χ3n) is 2.97. The quantitative estimate of drug-likeness (QED) is 0.708. The zero-order chi connectivity index (χ0) is 12.4. The van der Waals surface area contributed by atoms with Crippen molar-refractivity contribution in [1.29, 1.82) is 0 Å². The van der Waals surface area contributed by atoms with E-state index in [-0.39, 0.29) is 0 Å². The number of methoxy groups -OCH3 is 1. The van der Waals surface area contributed by atoms with E-state index in [1.54, 1.807) is 18.4 Å². The van der Waals surface area contributed by atoms with Crippen molar-refractivity contribution in [3.05, 3.63) is 59.2 Å². The lowest BCUT2D eigenvalue weighted by atomic mass is 10.1. The Morgan fingerprint density at radius 1 is 1.11 bits per heavy atom. The molecule has 0 aliphatic heterocycles. The predicted octanol–water partition coefficient (Wildman–Crippen LogP) is 3.90. The van der Waals surface area contributed by atoms with Crippen molar-refractivity contribution in [2.24, 2.45) is 0 Å². The van der Waals surface area contributed by atoms with Crippen LogP contribution in [0.15, 0.2) is 48.0 Å². The zero-order valence-electron chi connectivity index (χ0n) is 10.1. The first-order chi connectivity index (χ1) is 8.86. The summed E-state index contributed by atoms with van der Waals surface area (Å²) in [5.41, 5.74) is 2.40. The summed E-state index contributed by atoms with van der Waals surface area (Å²) in [4.78, 5) is 4.50. The molecule has 0 spiro atoms.